The van der Waals surface area contributed by atoms with E-state index in [4.69, 9.17) is 0 Å². The second-order valence-corrected chi connectivity index (χ2v) is 6.02. The van der Waals surface area contributed by atoms with Gasteiger partial charge in [0.2, 0.25) is 0 Å². The molecule has 0 aliphatic heterocycles. The number of hydrogen-bond acceptors (Lipinski definition) is 2. The number of rotatable bonds is 4. The third kappa shape index (κ3) is 3.99. The largest absolute Gasteiger partial charge is 0.416 e. The lowest BCUT2D eigenvalue weighted by Gasteiger charge is -2.13. The highest BCUT2D eigenvalue weighted by Crippen LogP contribution is 2.34. The van der Waals surface area contributed by atoms with E-state index < -0.39 is 11.7 Å². The smallest absolute Gasteiger partial charge is 0.300 e. The summed E-state index contributed by atoms with van der Waals surface area (Å²) in [6.07, 6.45) is -4.16. The lowest BCUT2D eigenvalue weighted by Crippen LogP contribution is -2.04. The summed E-state index contributed by atoms with van der Waals surface area (Å²) in [5.74, 6) is -0.00112. The molecule has 0 N–H and O–H groups in total. The van der Waals surface area contributed by atoms with E-state index in [0.717, 1.165) is 23.3 Å². The summed E-state index contributed by atoms with van der Waals surface area (Å²) in [6, 6.07) is 17.9. The molecule has 0 saturated heterocycles. The molecule has 5 heteroatoms. The average molecular weight is 355 g/mol. The number of ketones is 1. The zero-order chi connectivity index (χ0) is 18.7. The highest BCUT2D eigenvalue weighted by Gasteiger charge is 2.30. The maximum atomic E-state index is 12.8. The first-order chi connectivity index (χ1) is 12.3. The van der Waals surface area contributed by atoms with Crippen molar-refractivity contribution in [2.75, 3.05) is 0 Å². The van der Waals surface area contributed by atoms with Gasteiger partial charge >= 0.3 is 6.18 Å². The molecule has 0 aliphatic carbocycles. The minimum absolute atomic E-state index is 0.00112. The van der Waals surface area contributed by atoms with Crippen LogP contribution in [-0.4, -0.2) is 10.8 Å². The van der Waals surface area contributed by atoms with Crippen molar-refractivity contribution in [1.29, 1.82) is 0 Å². The topological polar surface area (TPSA) is 30.0 Å². The predicted molar refractivity (Wildman–Crippen MR) is 94.5 cm³/mol. The fraction of sp³-hybridized carbons (Fsp3) is 0.143. The second-order valence-electron chi connectivity index (χ2n) is 6.02. The van der Waals surface area contributed by atoms with Gasteiger partial charge < -0.3 is 0 Å². The molecule has 2 aromatic carbocycles. The van der Waals surface area contributed by atoms with E-state index >= 15 is 0 Å². The van der Waals surface area contributed by atoms with Crippen LogP contribution in [0.1, 0.15) is 18.2 Å². The second kappa shape index (κ2) is 7.12. The molecule has 0 radical (unpaired) electrons. The van der Waals surface area contributed by atoms with Gasteiger partial charge in [-0.3, -0.25) is 9.78 Å². The van der Waals surface area contributed by atoms with Crippen LogP contribution in [0.4, 0.5) is 13.2 Å². The first-order valence-corrected chi connectivity index (χ1v) is 8.07. The van der Waals surface area contributed by atoms with Crippen molar-refractivity contribution in [2.24, 2.45) is 0 Å². The van der Waals surface area contributed by atoms with Gasteiger partial charge in [-0.05, 0) is 30.7 Å². The molecule has 26 heavy (non-hydrogen) atoms. The zero-order valence-corrected chi connectivity index (χ0v) is 14.0. The molecule has 1 heterocycles. The third-order valence-corrected chi connectivity index (χ3v) is 3.95. The van der Waals surface area contributed by atoms with Gasteiger partial charge in [0.05, 0.1) is 11.3 Å². The molecule has 0 spiro atoms. The first kappa shape index (κ1) is 17.9. The normalized spacial score (nSPS) is 11.4. The molecule has 132 valence electrons. The Morgan fingerprint density at radius 1 is 0.885 bits per heavy atom. The molecule has 2 nitrogen and oxygen atoms in total. The monoisotopic (exact) mass is 355 g/mol. The first-order valence-electron chi connectivity index (χ1n) is 8.07. The number of carbonyl (C=O) groups is 1. The summed E-state index contributed by atoms with van der Waals surface area (Å²) in [6.45, 7) is 1.49. The van der Waals surface area contributed by atoms with Gasteiger partial charge in [0.15, 0.2) is 0 Å². The van der Waals surface area contributed by atoms with Crippen LogP contribution in [0.3, 0.4) is 0 Å². The Hall–Kier alpha value is -2.95. The predicted octanol–water partition coefficient (Wildman–Crippen LogP) is 5.57. The number of halogens is 3. The lowest BCUT2D eigenvalue weighted by atomic mass is 9.97. The molecular weight excluding hydrogens is 339 g/mol. The lowest BCUT2D eigenvalue weighted by molar-refractivity contribution is -0.137. The quantitative estimate of drug-likeness (QED) is 0.613. The number of hydrogen-bond donors (Lipinski definition) is 0. The fourth-order valence-electron chi connectivity index (χ4n) is 2.74. The van der Waals surface area contributed by atoms with Gasteiger partial charge in [-0.1, -0.05) is 48.5 Å². The van der Waals surface area contributed by atoms with Crippen LogP contribution in [0.25, 0.3) is 22.4 Å². The van der Waals surface area contributed by atoms with E-state index in [1.165, 1.54) is 19.1 Å². The molecule has 0 aliphatic rings. The maximum Gasteiger partial charge on any atom is 0.416 e. The molecule has 0 fully saturated rings. The molecule has 0 bridgehead atoms. The van der Waals surface area contributed by atoms with E-state index in [0.29, 0.717) is 17.0 Å². The van der Waals surface area contributed by atoms with Crippen molar-refractivity contribution < 1.29 is 18.0 Å². The van der Waals surface area contributed by atoms with Crippen molar-refractivity contribution in [1.82, 2.24) is 4.98 Å². The number of pyridine rings is 1. The minimum Gasteiger partial charge on any atom is -0.300 e. The SMILES string of the molecule is CC(=O)Cc1ccc(-c2ccc(C(F)(F)F)cc2)c(-c2ccccc2)n1. The van der Waals surface area contributed by atoms with Crippen LogP contribution < -0.4 is 0 Å². The average Bonchev–Trinajstić information content (AvgIpc) is 2.61. The molecule has 0 saturated carbocycles. The fourth-order valence-corrected chi connectivity index (χ4v) is 2.74. The van der Waals surface area contributed by atoms with Crippen LogP contribution >= 0.6 is 0 Å². The number of nitrogens with zero attached hydrogens (tertiary/aromatic N) is 1. The number of alkyl halides is 3. The van der Waals surface area contributed by atoms with Gasteiger partial charge in [-0.15, -0.1) is 0 Å². The van der Waals surface area contributed by atoms with E-state index in [-0.39, 0.29) is 12.2 Å². The van der Waals surface area contributed by atoms with Crippen molar-refractivity contribution in [3.63, 3.8) is 0 Å². The Morgan fingerprint density at radius 3 is 2.12 bits per heavy atom. The summed E-state index contributed by atoms with van der Waals surface area (Å²) in [5, 5.41) is 0. The molecular formula is C21H16F3NO. The molecule has 1 aromatic heterocycles. The van der Waals surface area contributed by atoms with E-state index in [9.17, 15) is 18.0 Å². The Bertz CT molecular complexity index is 916. The van der Waals surface area contributed by atoms with Crippen LogP contribution in [-0.2, 0) is 17.4 Å². The summed E-state index contributed by atoms with van der Waals surface area (Å²) in [5.41, 5.74) is 2.78. The molecule has 0 amide bonds. The van der Waals surface area contributed by atoms with Gasteiger partial charge in [0, 0.05) is 23.2 Å². The van der Waals surface area contributed by atoms with Crippen LogP contribution in [0.5, 0.6) is 0 Å². The Balaban J connectivity index is 2.10. The van der Waals surface area contributed by atoms with Gasteiger partial charge in [0.1, 0.15) is 5.78 Å². The highest BCUT2D eigenvalue weighted by atomic mass is 19.4. The van der Waals surface area contributed by atoms with Gasteiger partial charge in [-0.2, -0.15) is 13.2 Å². The van der Waals surface area contributed by atoms with Crippen LogP contribution in [0.15, 0.2) is 66.7 Å². The number of Topliss-reactive ketones (excluding diaryl/α,β-unsaturated/α-hetero) is 1. The minimum atomic E-state index is -4.37. The van der Waals surface area contributed by atoms with E-state index in [2.05, 4.69) is 4.98 Å². The number of carbonyl (C=O) groups excluding carboxylic acids is 1. The summed E-state index contributed by atoms with van der Waals surface area (Å²) in [7, 11) is 0. The van der Waals surface area contributed by atoms with Crippen molar-refractivity contribution in [3.05, 3.63) is 78.0 Å². The maximum absolute atomic E-state index is 12.8. The van der Waals surface area contributed by atoms with Gasteiger partial charge in [-0.25, -0.2) is 0 Å². The summed E-state index contributed by atoms with van der Waals surface area (Å²) >= 11 is 0. The van der Waals surface area contributed by atoms with Gasteiger partial charge in [0.25, 0.3) is 0 Å². The Kier molecular flexibility index (Phi) is 4.89. The zero-order valence-electron chi connectivity index (χ0n) is 14.0. The standard InChI is InChI=1S/C21H16F3NO/c1-14(26)13-18-11-12-19(20(25-18)16-5-3-2-4-6-16)15-7-9-17(10-8-15)21(22,23)24/h2-12H,13H2,1H3. The van der Waals surface area contributed by atoms with Crippen LogP contribution in [0.2, 0.25) is 0 Å². The summed E-state index contributed by atoms with van der Waals surface area (Å²) < 4.78 is 38.4. The van der Waals surface area contributed by atoms with E-state index in [1.807, 2.05) is 30.3 Å². The Morgan fingerprint density at radius 2 is 1.54 bits per heavy atom. The van der Waals surface area contributed by atoms with Crippen LogP contribution in [0, 0.1) is 0 Å². The molecule has 0 unspecified atom stereocenters. The highest BCUT2D eigenvalue weighted by molar-refractivity contribution is 5.82. The van der Waals surface area contributed by atoms with E-state index in [1.54, 1.807) is 12.1 Å². The molecule has 0 atom stereocenters. The molecule has 3 rings (SSSR count). The number of aromatic nitrogens is 1. The van der Waals surface area contributed by atoms with Crippen molar-refractivity contribution >= 4 is 5.78 Å². The number of benzene rings is 2. The Labute approximate surface area is 149 Å². The van der Waals surface area contributed by atoms with Crippen molar-refractivity contribution in [2.45, 2.75) is 19.5 Å². The summed E-state index contributed by atoms with van der Waals surface area (Å²) in [4.78, 5) is 16.0. The molecule has 3 aromatic rings. The van der Waals surface area contributed by atoms with Crippen molar-refractivity contribution in [3.8, 4) is 22.4 Å². The third-order valence-electron chi connectivity index (χ3n) is 3.95.